The zero-order valence-corrected chi connectivity index (χ0v) is 18.8. The molecule has 2 heterocycles. The van der Waals surface area contributed by atoms with Crippen molar-refractivity contribution in [1.82, 2.24) is 19.7 Å². The van der Waals surface area contributed by atoms with Gasteiger partial charge in [0.2, 0.25) is 0 Å². The highest BCUT2D eigenvalue weighted by atomic mass is 32.2. The van der Waals surface area contributed by atoms with Crippen LogP contribution >= 0.6 is 23.1 Å². The van der Waals surface area contributed by atoms with Crippen LogP contribution < -0.4 is 0 Å². The molecule has 2 aromatic carbocycles. The Bertz CT molecular complexity index is 1150. The summed E-state index contributed by atoms with van der Waals surface area (Å²) in [6.45, 7) is 5.21. The average molecular weight is 433 g/mol. The monoisotopic (exact) mass is 432 g/mol. The maximum absolute atomic E-state index is 4.86. The first-order chi connectivity index (χ1) is 14.7. The molecule has 1 fully saturated rings. The fraction of sp³-hybridized carbons (Fsp3) is 0.292. The second-order valence-corrected chi connectivity index (χ2v) is 9.49. The minimum absolute atomic E-state index is 0.487. The molecule has 1 saturated carbocycles. The highest BCUT2D eigenvalue weighted by Gasteiger charge is 2.43. The number of aromatic nitrogens is 4. The molecule has 2 atom stereocenters. The van der Waals surface area contributed by atoms with Crippen molar-refractivity contribution in [3.05, 3.63) is 82.6 Å². The van der Waals surface area contributed by atoms with E-state index in [-0.39, 0.29) is 0 Å². The lowest BCUT2D eigenvalue weighted by Crippen LogP contribution is -2.03. The van der Waals surface area contributed by atoms with Gasteiger partial charge in [0, 0.05) is 29.2 Å². The molecular formula is C24H24N4S2. The molecule has 4 nitrogen and oxygen atoms in total. The Morgan fingerprint density at radius 3 is 2.63 bits per heavy atom. The molecule has 152 valence electrons. The van der Waals surface area contributed by atoms with Crippen LogP contribution in [0.15, 0.2) is 65.1 Å². The van der Waals surface area contributed by atoms with Crippen molar-refractivity contribution >= 4 is 23.1 Å². The third kappa shape index (κ3) is 3.82. The van der Waals surface area contributed by atoms with E-state index in [9.17, 15) is 0 Å². The number of rotatable bonds is 7. The lowest BCUT2D eigenvalue weighted by Gasteiger charge is -2.07. The summed E-state index contributed by atoms with van der Waals surface area (Å²) in [6.07, 6.45) is 1.17. The molecule has 0 saturated heterocycles. The molecule has 2 unspecified atom stereocenters. The summed E-state index contributed by atoms with van der Waals surface area (Å²) in [6, 6.07) is 19.2. The Morgan fingerprint density at radius 1 is 1.03 bits per heavy atom. The first kappa shape index (κ1) is 19.5. The maximum atomic E-state index is 4.86. The van der Waals surface area contributed by atoms with Gasteiger partial charge in [-0.05, 0) is 37.3 Å². The molecule has 1 aliphatic carbocycles. The number of nitrogens with zero attached hydrogens (tertiary/aromatic N) is 4. The molecule has 2 aromatic heterocycles. The van der Waals surface area contributed by atoms with Gasteiger partial charge >= 0.3 is 0 Å². The molecule has 0 amide bonds. The van der Waals surface area contributed by atoms with Crippen LogP contribution in [-0.2, 0) is 12.3 Å². The lowest BCUT2D eigenvalue weighted by atomic mass is 10.1. The number of aryl methyl sites for hydroxylation is 1. The van der Waals surface area contributed by atoms with Gasteiger partial charge in [-0.2, -0.15) is 0 Å². The third-order valence-corrected chi connectivity index (χ3v) is 7.61. The summed E-state index contributed by atoms with van der Waals surface area (Å²) in [5.74, 6) is 3.01. The van der Waals surface area contributed by atoms with E-state index in [1.54, 1.807) is 23.1 Å². The Morgan fingerprint density at radius 2 is 1.83 bits per heavy atom. The van der Waals surface area contributed by atoms with E-state index in [4.69, 9.17) is 4.98 Å². The van der Waals surface area contributed by atoms with Gasteiger partial charge in [-0.3, -0.25) is 0 Å². The average Bonchev–Trinajstić information content (AvgIpc) is 3.24. The largest absolute Gasteiger partial charge is 0.306 e. The normalized spacial score (nSPS) is 17.9. The topological polar surface area (TPSA) is 43.6 Å². The fourth-order valence-corrected chi connectivity index (χ4v) is 5.89. The first-order valence-electron chi connectivity index (χ1n) is 10.4. The smallest absolute Gasteiger partial charge is 0.191 e. The Labute approximate surface area is 185 Å². The van der Waals surface area contributed by atoms with Crippen LogP contribution in [0.25, 0.3) is 10.6 Å². The highest BCUT2D eigenvalue weighted by molar-refractivity contribution is 7.98. The molecular weight excluding hydrogens is 408 g/mol. The van der Waals surface area contributed by atoms with Crippen LogP contribution in [0.1, 0.15) is 47.8 Å². The number of thioether (sulfide) groups is 1. The minimum atomic E-state index is 0.487. The Hall–Kier alpha value is -2.44. The summed E-state index contributed by atoms with van der Waals surface area (Å²) in [5.41, 5.74) is 5.00. The number of benzene rings is 2. The molecule has 0 spiro atoms. The molecule has 1 aliphatic rings. The van der Waals surface area contributed by atoms with E-state index in [1.807, 2.05) is 0 Å². The first-order valence-corrected chi connectivity index (χ1v) is 12.2. The zero-order valence-electron chi connectivity index (χ0n) is 17.2. The van der Waals surface area contributed by atoms with Crippen LogP contribution in [-0.4, -0.2) is 19.7 Å². The quantitative estimate of drug-likeness (QED) is 0.322. The van der Waals surface area contributed by atoms with E-state index in [2.05, 4.69) is 88.6 Å². The van der Waals surface area contributed by atoms with Crippen molar-refractivity contribution in [2.45, 2.75) is 49.6 Å². The lowest BCUT2D eigenvalue weighted by molar-refractivity contribution is 0.640. The molecule has 0 aliphatic heterocycles. The van der Waals surface area contributed by atoms with Crippen LogP contribution in [0.2, 0.25) is 0 Å². The van der Waals surface area contributed by atoms with Crippen molar-refractivity contribution in [3.8, 4) is 10.6 Å². The molecule has 4 aromatic rings. The minimum Gasteiger partial charge on any atom is -0.306 e. The van der Waals surface area contributed by atoms with Gasteiger partial charge in [-0.25, -0.2) is 4.98 Å². The van der Waals surface area contributed by atoms with Gasteiger partial charge in [0.25, 0.3) is 0 Å². The molecule has 5 rings (SSSR count). The Balaban J connectivity index is 1.28. The van der Waals surface area contributed by atoms with Crippen molar-refractivity contribution in [3.63, 3.8) is 0 Å². The molecule has 0 bridgehead atoms. The van der Waals surface area contributed by atoms with Crippen molar-refractivity contribution < 1.29 is 0 Å². The van der Waals surface area contributed by atoms with E-state index in [1.165, 1.54) is 23.1 Å². The second kappa shape index (κ2) is 8.36. The molecule has 0 N–H and O–H groups in total. The predicted octanol–water partition coefficient (Wildman–Crippen LogP) is 6.29. The number of hydrogen-bond donors (Lipinski definition) is 0. The highest BCUT2D eigenvalue weighted by Crippen LogP contribution is 2.54. The number of hydrogen-bond acceptors (Lipinski definition) is 5. The van der Waals surface area contributed by atoms with Gasteiger partial charge < -0.3 is 4.57 Å². The van der Waals surface area contributed by atoms with Crippen LogP contribution in [0, 0.1) is 6.92 Å². The van der Waals surface area contributed by atoms with E-state index in [0.717, 1.165) is 34.0 Å². The number of thiazole rings is 1. The zero-order chi connectivity index (χ0) is 20.5. The van der Waals surface area contributed by atoms with Crippen molar-refractivity contribution in [2.75, 3.05) is 0 Å². The SMILES string of the molecule is CCn1c(SCc2csc(-c3ccccc3C)n2)nnc1C1CC1c1ccccc1. The van der Waals surface area contributed by atoms with E-state index < -0.39 is 0 Å². The van der Waals surface area contributed by atoms with Gasteiger partial charge in [0.15, 0.2) is 5.16 Å². The van der Waals surface area contributed by atoms with Crippen LogP contribution in [0.5, 0.6) is 0 Å². The molecule has 30 heavy (non-hydrogen) atoms. The van der Waals surface area contributed by atoms with Crippen LogP contribution in [0.3, 0.4) is 0 Å². The molecule has 0 radical (unpaired) electrons. The predicted molar refractivity (Wildman–Crippen MR) is 124 cm³/mol. The summed E-state index contributed by atoms with van der Waals surface area (Å²) in [7, 11) is 0. The van der Waals surface area contributed by atoms with Gasteiger partial charge in [0.1, 0.15) is 10.8 Å². The third-order valence-electron chi connectivity index (χ3n) is 5.69. The fourth-order valence-electron chi connectivity index (χ4n) is 3.98. The second-order valence-electron chi connectivity index (χ2n) is 7.69. The summed E-state index contributed by atoms with van der Waals surface area (Å²) in [4.78, 5) is 4.86. The van der Waals surface area contributed by atoms with Gasteiger partial charge in [-0.15, -0.1) is 21.5 Å². The van der Waals surface area contributed by atoms with Crippen molar-refractivity contribution in [2.24, 2.45) is 0 Å². The summed E-state index contributed by atoms with van der Waals surface area (Å²) in [5, 5.41) is 13.3. The standard InChI is InChI=1S/C24H24N4S2/c1-3-28-22(21-13-20(21)17-10-5-4-6-11-17)26-27-24(28)30-15-18-14-29-23(25-18)19-12-8-7-9-16(19)2/h4-12,14,20-21H,3,13,15H2,1-2H3. The maximum Gasteiger partial charge on any atom is 0.191 e. The van der Waals surface area contributed by atoms with Crippen LogP contribution in [0.4, 0.5) is 0 Å². The van der Waals surface area contributed by atoms with E-state index in [0.29, 0.717) is 11.8 Å². The Kier molecular flexibility index (Phi) is 5.44. The van der Waals surface area contributed by atoms with Gasteiger partial charge in [-0.1, -0.05) is 66.4 Å². The summed E-state index contributed by atoms with van der Waals surface area (Å²) < 4.78 is 2.28. The summed E-state index contributed by atoms with van der Waals surface area (Å²) >= 11 is 3.45. The van der Waals surface area contributed by atoms with Crippen molar-refractivity contribution in [1.29, 1.82) is 0 Å². The van der Waals surface area contributed by atoms with E-state index >= 15 is 0 Å². The van der Waals surface area contributed by atoms with Gasteiger partial charge in [0.05, 0.1) is 5.69 Å². The molecule has 6 heteroatoms.